The Morgan fingerprint density at radius 2 is 1.54 bits per heavy atom. The maximum absolute atomic E-state index is 14.0. The van der Waals surface area contributed by atoms with Crippen LogP contribution in [0.2, 0.25) is 0 Å². The van der Waals surface area contributed by atoms with Gasteiger partial charge < -0.3 is 19.3 Å². The molecule has 1 unspecified atom stereocenters. The Balaban J connectivity index is 0.925. The molecule has 0 bridgehead atoms. The number of fused-ring (bicyclic) bond motifs is 1. The van der Waals surface area contributed by atoms with Gasteiger partial charge >= 0.3 is 0 Å². The Bertz CT molecular complexity index is 2070. The van der Waals surface area contributed by atoms with Crippen molar-refractivity contribution in [1.82, 2.24) is 20.0 Å². The first-order valence-electron chi connectivity index (χ1n) is 19.6. The Morgan fingerprint density at radius 3 is 2.20 bits per heavy atom. The van der Waals surface area contributed by atoms with Crippen molar-refractivity contribution in [3.05, 3.63) is 88.5 Å². The van der Waals surface area contributed by atoms with E-state index in [0.717, 1.165) is 87.5 Å². The van der Waals surface area contributed by atoms with Crippen LogP contribution >= 0.6 is 0 Å². The summed E-state index contributed by atoms with van der Waals surface area (Å²) in [4.78, 5) is 59.9. The summed E-state index contributed by atoms with van der Waals surface area (Å²) >= 11 is 0. The lowest BCUT2D eigenvalue weighted by Crippen LogP contribution is -2.53. The fraction of sp³-hybridized carbons (Fsp3) is 0.476. The van der Waals surface area contributed by atoms with Crippen molar-refractivity contribution in [3.63, 3.8) is 0 Å². The fourth-order valence-corrected chi connectivity index (χ4v) is 9.49. The molecule has 0 aromatic heterocycles. The maximum Gasteiger partial charge on any atom is 0.262 e. The van der Waals surface area contributed by atoms with Crippen LogP contribution in [-0.4, -0.2) is 124 Å². The van der Waals surface area contributed by atoms with Crippen molar-refractivity contribution in [3.8, 4) is 11.5 Å². The lowest BCUT2D eigenvalue weighted by molar-refractivity contribution is -0.134. The Kier molecular flexibility index (Phi) is 11.8. The minimum absolute atomic E-state index is 0.195. The Labute approximate surface area is 328 Å². The SMILES string of the molecule is CCOc1cc([C@@H](CS(C)(=O)=O)N2C(=O)c3ccc(N4CCN(C5CCN(CCc6ccc(C7CCC(=O)NC7=O)cc6)CC5)CC4)cc3C2=O)ccc1OC. The van der Waals surface area contributed by atoms with Gasteiger partial charge in [0, 0.05) is 57.1 Å². The molecule has 13 nitrogen and oxygen atoms in total. The van der Waals surface area contributed by atoms with Crippen molar-refractivity contribution in [2.24, 2.45) is 0 Å². The molecule has 0 saturated carbocycles. The van der Waals surface area contributed by atoms with Crippen LogP contribution in [0.15, 0.2) is 60.7 Å². The molecule has 2 atom stereocenters. The van der Waals surface area contributed by atoms with E-state index in [-0.39, 0.29) is 28.9 Å². The van der Waals surface area contributed by atoms with Gasteiger partial charge in [-0.05, 0) is 92.7 Å². The van der Waals surface area contributed by atoms with Crippen molar-refractivity contribution >= 4 is 39.2 Å². The summed E-state index contributed by atoms with van der Waals surface area (Å²) in [6.07, 6.45) is 5.20. The molecule has 4 heterocycles. The molecule has 56 heavy (non-hydrogen) atoms. The van der Waals surface area contributed by atoms with Gasteiger partial charge in [0.25, 0.3) is 11.8 Å². The van der Waals surface area contributed by atoms with E-state index in [2.05, 4.69) is 32.1 Å². The van der Waals surface area contributed by atoms with E-state index in [1.54, 1.807) is 30.3 Å². The highest BCUT2D eigenvalue weighted by molar-refractivity contribution is 7.90. The monoisotopic (exact) mass is 785 g/mol. The van der Waals surface area contributed by atoms with Gasteiger partial charge in [0.05, 0.1) is 42.6 Å². The molecule has 0 radical (unpaired) electrons. The van der Waals surface area contributed by atoms with Gasteiger partial charge in [-0.3, -0.25) is 34.3 Å². The van der Waals surface area contributed by atoms with Crippen LogP contribution in [0.3, 0.4) is 0 Å². The van der Waals surface area contributed by atoms with E-state index in [1.165, 1.54) is 12.7 Å². The first kappa shape index (κ1) is 39.4. The van der Waals surface area contributed by atoms with Gasteiger partial charge in [-0.1, -0.05) is 30.3 Å². The zero-order valence-electron chi connectivity index (χ0n) is 32.4. The molecule has 3 fully saturated rings. The average Bonchev–Trinajstić information content (AvgIpc) is 3.44. The maximum atomic E-state index is 14.0. The highest BCUT2D eigenvalue weighted by Gasteiger charge is 2.42. The number of carbonyl (C=O) groups is 4. The van der Waals surface area contributed by atoms with E-state index in [0.29, 0.717) is 42.6 Å². The number of piperidine rings is 2. The second-order valence-electron chi connectivity index (χ2n) is 15.3. The number of likely N-dealkylation sites (tertiary alicyclic amines) is 1. The number of imide groups is 2. The number of ether oxygens (including phenoxy) is 2. The molecule has 3 aromatic rings. The molecule has 4 aliphatic rings. The number of nitrogens with zero attached hydrogens (tertiary/aromatic N) is 4. The molecule has 14 heteroatoms. The molecule has 0 aliphatic carbocycles. The van der Waals surface area contributed by atoms with E-state index in [4.69, 9.17) is 9.47 Å². The fourth-order valence-electron chi connectivity index (χ4n) is 8.57. The smallest absolute Gasteiger partial charge is 0.262 e. The molecule has 7 rings (SSSR count). The highest BCUT2D eigenvalue weighted by Crippen LogP contribution is 2.38. The van der Waals surface area contributed by atoms with Crippen LogP contribution < -0.4 is 19.7 Å². The molecule has 4 amide bonds. The molecule has 3 saturated heterocycles. The number of carbonyl (C=O) groups excluding carboxylic acids is 4. The third kappa shape index (κ3) is 8.62. The van der Waals surface area contributed by atoms with Gasteiger partial charge in [0.1, 0.15) is 9.84 Å². The van der Waals surface area contributed by atoms with Crippen LogP contribution in [0.1, 0.15) is 82.0 Å². The Hall–Kier alpha value is -4.79. The normalized spacial score (nSPS) is 20.6. The van der Waals surface area contributed by atoms with Crippen LogP contribution in [0, 0.1) is 0 Å². The standard InChI is InChI=1S/C42H51N5O8S/c1-4-55-38-25-30(9-13-37(38)54-2)36(27-56(3,52)53)47-41(50)34-11-10-32(26-35(34)42(47)51)46-23-21-45(22-24-46)31-16-19-44(20-17-31)18-15-28-5-7-29(8-6-28)33-12-14-39(48)43-40(33)49/h5-11,13,25-26,31,33,36H,4,12,14-24,27H2,1-3H3,(H,43,48,49)/t33?,36-/m1/s1. The van der Waals surface area contributed by atoms with Crippen molar-refractivity contribution in [1.29, 1.82) is 0 Å². The molecular formula is C42H51N5O8S. The number of methoxy groups -OCH3 is 1. The number of anilines is 1. The van der Waals surface area contributed by atoms with E-state index in [9.17, 15) is 27.6 Å². The Morgan fingerprint density at radius 1 is 0.821 bits per heavy atom. The summed E-state index contributed by atoms with van der Waals surface area (Å²) in [5.74, 6) is -1.23. The number of nitrogens with one attached hydrogen (secondary N) is 1. The van der Waals surface area contributed by atoms with Gasteiger partial charge in [-0.2, -0.15) is 0 Å². The third-order valence-corrected chi connectivity index (χ3v) is 12.6. The van der Waals surface area contributed by atoms with Crippen LogP contribution in [-0.2, 0) is 25.8 Å². The molecule has 298 valence electrons. The predicted molar refractivity (Wildman–Crippen MR) is 212 cm³/mol. The highest BCUT2D eigenvalue weighted by atomic mass is 32.2. The summed E-state index contributed by atoms with van der Waals surface area (Å²) < 4.78 is 36.4. The predicted octanol–water partition coefficient (Wildman–Crippen LogP) is 3.83. The van der Waals surface area contributed by atoms with Crippen molar-refractivity contribution in [2.75, 3.05) is 76.4 Å². The summed E-state index contributed by atoms with van der Waals surface area (Å²) in [5, 5.41) is 2.45. The first-order valence-corrected chi connectivity index (χ1v) is 21.6. The van der Waals surface area contributed by atoms with Gasteiger partial charge in [0.15, 0.2) is 11.5 Å². The minimum atomic E-state index is -3.60. The minimum Gasteiger partial charge on any atom is -0.493 e. The number of piperazine rings is 1. The van der Waals surface area contributed by atoms with Crippen molar-refractivity contribution in [2.45, 2.75) is 57.0 Å². The summed E-state index contributed by atoms with van der Waals surface area (Å²) in [7, 11) is -2.09. The number of rotatable bonds is 13. The number of amides is 4. The summed E-state index contributed by atoms with van der Waals surface area (Å²) in [6, 6.07) is 18.1. The van der Waals surface area contributed by atoms with Gasteiger partial charge in [0.2, 0.25) is 11.8 Å². The lowest BCUT2D eigenvalue weighted by atomic mass is 9.90. The molecule has 4 aliphatic heterocycles. The van der Waals surface area contributed by atoms with Crippen molar-refractivity contribution < 1.29 is 37.1 Å². The molecule has 1 N–H and O–H groups in total. The number of benzene rings is 3. The topological polar surface area (TPSA) is 146 Å². The van der Waals surface area contributed by atoms with Crippen LogP contribution in [0.5, 0.6) is 11.5 Å². The zero-order chi connectivity index (χ0) is 39.6. The van der Waals surface area contributed by atoms with Crippen LogP contribution in [0.25, 0.3) is 0 Å². The first-order chi connectivity index (χ1) is 26.9. The lowest BCUT2D eigenvalue weighted by Gasteiger charge is -2.43. The van der Waals surface area contributed by atoms with E-state index >= 15 is 0 Å². The second-order valence-corrected chi connectivity index (χ2v) is 17.4. The molecule has 0 spiro atoms. The van der Waals surface area contributed by atoms with Crippen LogP contribution in [0.4, 0.5) is 5.69 Å². The summed E-state index contributed by atoms with van der Waals surface area (Å²) in [6.45, 7) is 8.64. The van der Waals surface area contributed by atoms with Gasteiger partial charge in [-0.25, -0.2) is 8.42 Å². The number of sulfone groups is 1. The molecular weight excluding hydrogens is 735 g/mol. The number of hydrogen-bond donors (Lipinski definition) is 1. The average molecular weight is 786 g/mol. The zero-order valence-corrected chi connectivity index (χ0v) is 33.2. The van der Waals surface area contributed by atoms with Gasteiger partial charge in [-0.15, -0.1) is 0 Å². The number of hydrogen-bond acceptors (Lipinski definition) is 11. The molecule has 3 aromatic carbocycles. The third-order valence-electron chi connectivity index (χ3n) is 11.6. The summed E-state index contributed by atoms with van der Waals surface area (Å²) in [5.41, 5.74) is 4.09. The second kappa shape index (κ2) is 16.7. The quantitative estimate of drug-likeness (QED) is 0.253. The van der Waals surface area contributed by atoms with E-state index in [1.807, 2.05) is 25.1 Å². The van der Waals surface area contributed by atoms with E-state index < -0.39 is 33.4 Å². The largest absolute Gasteiger partial charge is 0.493 e.